The lowest BCUT2D eigenvalue weighted by Crippen LogP contribution is -2.53. The van der Waals surface area contributed by atoms with Crippen LogP contribution in [0, 0.1) is 0 Å². The Morgan fingerprint density at radius 3 is 1.61 bits per heavy atom. The molecule has 210 valence electrons. The molecule has 2 fully saturated rings. The van der Waals surface area contributed by atoms with Gasteiger partial charge >= 0.3 is 6.09 Å². The molecule has 2 saturated heterocycles. The second kappa shape index (κ2) is 16.5. The minimum atomic E-state index is -0.485. The molecule has 6 heteroatoms. The van der Waals surface area contributed by atoms with Gasteiger partial charge in [0.15, 0.2) is 0 Å². The second-order valence-electron chi connectivity index (χ2n) is 12.2. The Labute approximate surface area is 222 Å². The molecule has 0 radical (unpaired) electrons. The molecule has 0 aliphatic carbocycles. The fourth-order valence-electron chi connectivity index (χ4n) is 5.65. The van der Waals surface area contributed by atoms with Gasteiger partial charge in [0.2, 0.25) is 5.91 Å². The smallest absolute Gasteiger partial charge is 0.410 e. The Balaban J connectivity index is 1.77. The summed E-state index contributed by atoms with van der Waals surface area (Å²) < 4.78 is 5.58. The highest BCUT2D eigenvalue weighted by Crippen LogP contribution is 2.32. The predicted octanol–water partition coefficient (Wildman–Crippen LogP) is 7.01. The number of likely N-dealkylation sites (tertiary alicyclic amines) is 2. The summed E-state index contributed by atoms with van der Waals surface area (Å²) in [7, 11) is 0. The summed E-state index contributed by atoms with van der Waals surface area (Å²) in [6.07, 6.45) is 18.9. The summed E-state index contributed by atoms with van der Waals surface area (Å²) in [5, 5.41) is 0. The highest BCUT2D eigenvalue weighted by molar-refractivity contribution is 5.80. The molecule has 0 spiro atoms. The van der Waals surface area contributed by atoms with Crippen LogP contribution in [0.4, 0.5) is 4.79 Å². The average Bonchev–Trinajstić information content (AvgIpc) is 3.43. The molecule has 0 aromatic carbocycles. The molecule has 2 rings (SSSR count). The van der Waals surface area contributed by atoms with E-state index in [4.69, 9.17) is 4.74 Å². The van der Waals surface area contributed by atoms with Gasteiger partial charge in [0.05, 0.1) is 18.6 Å². The van der Waals surface area contributed by atoms with Gasteiger partial charge in [-0.2, -0.15) is 0 Å². The molecule has 0 aromatic heterocycles. The highest BCUT2D eigenvalue weighted by Gasteiger charge is 2.48. The van der Waals surface area contributed by atoms with Crippen molar-refractivity contribution in [3.05, 3.63) is 0 Å². The fraction of sp³-hybridized carbons (Fsp3) is 0.933. The lowest BCUT2D eigenvalue weighted by molar-refractivity contribution is -0.134. The van der Waals surface area contributed by atoms with E-state index in [1.807, 2.05) is 30.6 Å². The topological polar surface area (TPSA) is 53.1 Å². The zero-order chi connectivity index (χ0) is 26.4. The van der Waals surface area contributed by atoms with Crippen LogP contribution in [0.2, 0.25) is 0 Å². The molecule has 36 heavy (non-hydrogen) atoms. The van der Waals surface area contributed by atoms with E-state index in [0.717, 1.165) is 19.5 Å². The van der Waals surface area contributed by atoms with E-state index < -0.39 is 5.60 Å². The first-order chi connectivity index (χ1) is 17.2. The Hall–Kier alpha value is -1.30. The van der Waals surface area contributed by atoms with Crippen LogP contribution < -0.4 is 0 Å². The van der Waals surface area contributed by atoms with Crippen molar-refractivity contribution in [2.45, 2.75) is 149 Å². The molecular formula is C30H57N3O3. The van der Waals surface area contributed by atoms with Gasteiger partial charge in [0.1, 0.15) is 5.60 Å². The number of ether oxygens (including phenoxy) is 1. The second-order valence-corrected chi connectivity index (χ2v) is 12.2. The maximum absolute atomic E-state index is 13.3. The van der Waals surface area contributed by atoms with Crippen molar-refractivity contribution in [3.8, 4) is 0 Å². The quantitative estimate of drug-likeness (QED) is 0.187. The van der Waals surface area contributed by atoms with Gasteiger partial charge in [-0.15, -0.1) is 0 Å². The number of amides is 2. The normalized spacial score (nSPS) is 19.5. The third-order valence-corrected chi connectivity index (χ3v) is 7.70. The molecular weight excluding hydrogens is 450 g/mol. The van der Waals surface area contributed by atoms with Crippen molar-refractivity contribution in [2.75, 3.05) is 32.7 Å². The summed E-state index contributed by atoms with van der Waals surface area (Å²) in [6, 6.07) is 0.252. The number of piperazine rings is 1. The number of carbonyl (C=O) groups is 2. The molecule has 0 N–H and O–H groups in total. The van der Waals surface area contributed by atoms with E-state index in [1.165, 1.54) is 89.9 Å². The molecule has 2 bridgehead atoms. The van der Waals surface area contributed by atoms with Crippen molar-refractivity contribution < 1.29 is 14.3 Å². The largest absolute Gasteiger partial charge is 0.444 e. The number of nitrogens with zero attached hydrogens (tertiary/aromatic N) is 3. The molecule has 2 atom stereocenters. The van der Waals surface area contributed by atoms with E-state index in [-0.39, 0.29) is 24.1 Å². The molecule has 2 amide bonds. The summed E-state index contributed by atoms with van der Waals surface area (Å²) >= 11 is 0. The molecule has 0 saturated carbocycles. The molecule has 2 unspecified atom stereocenters. The SMILES string of the molecule is CCCCCCCCCN(CCCCCCCCC)CC(=O)N1CC2CC1CN2C(=O)OC(C)(C)C. The first kappa shape index (κ1) is 30.9. The van der Waals surface area contributed by atoms with Crippen LogP contribution in [-0.4, -0.2) is 77.1 Å². The number of carbonyl (C=O) groups excluding carboxylic acids is 2. The van der Waals surface area contributed by atoms with Gasteiger partial charge < -0.3 is 14.5 Å². The number of fused-ring (bicyclic) bond motifs is 2. The predicted molar refractivity (Wildman–Crippen MR) is 149 cm³/mol. The third-order valence-electron chi connectivity index (χ3n) is 7.70. The Morgan fingerprint density at radius 2 is 1.17 bits per heavy atom. The van der Waals surface area contributed by atoms with Gasteiger partial charge in [0.25, 0.3) is 0 Å². The van der Waals surface area contributed by atoms with Crippen LogP contribution >= 0.6 is 0 Å². The summed E-state index contributed by atoms with van der Waals surface area (Å²) in [4.78, 5) is 32.2. The molecule has 2 aliphatic heterocycles. The number of rotatable bonds is 18. The van der Waals surface area contributed by atoms with Gasteiger partial charge in [0, 0.05) is 13.1 Å². The van der Waals surface area contributed by atoms with E-state index in [1.54, 1.807) is 0 Å². The van der Waals surface area contributed by atoms with E-state index in [0.29, 0.717) is 19.6 Å². The number of unbranched alkanes of at least 4 members (excludes halogenated alkanes) is 12. The van der Waals surface area contributed by atoms with Crippen LogP contribution in [0.25, 0.3) is 0 Å². The van der Waals surface area contributed by atoms with Gasteiger partial charge in [-0.25, -0.2) is 4.79 Å². The van der Waals surface area contributed by atoms with Gasteiger partial charge in [-0.1, -0.05) is 90.9 Å². The summed E-state index contributed by atoms with van der Waals surface area (Å²) in [5.74, 6) is 0.247. The fourth-order valence-corrected chi connectivity index (χ4v) is 5.65. The number of hydrogen-bond donors (Lipinski definition) is 0. The number of hydrogen-bond acceptors (Lipinski definition) is 4. The molecule has 0 aromatic rings. The molecule has 2 heterocycles. The molecule has 2 aliphatic rings. The zero-order valence-corrected chi connectivity index (χ0v) is 24.4. The first-order valence-electron chi connectivity index (χ1n) is 15.3. The van der Waals surface area contributed by atoms with Gasteiger partial charge in [-0.3, -0.25) is 9.69 Å². The maximum Gasteiger partial charge on any atom is 0.410 e. The highest BCUT2D eigenvalue weighted by atomic mass is 16.6. The van der Waals surface area contributed by atoms with Crippen LogP contribution in [0.3, 0.4) is 0 Å². The van der Waals surface area contributed by atoms with Crippen molar-refractivity contribution >= 4 is 12.0 Å². The standard InChI is InChI=1S/C30H57N3O3/c1-6-8-10-12-14-16-18-20-31(21-19-17-15-13-11-9-7-2)25-28(34)32-23-27-22-26(32)24-33(27)29(35)36-30(3,4)5/h26-27H,6-25H2,1-5H3. The average molecular weight is 508 g/mol. The first-order valence-corrected chi connectivity index (χ1v) is 15.3. The Morgan fingerprint density at radius 1 is 0.722 bits per heavy atom. The van der Waals surface area contributed by atoms with E-state index >= 15 is 0 Å². The lowest BCUT2D eigenvalue weighted by Gasteiger charge is -2.36. The minimum Gasteiger partial charge on any atom is -0.444 e. The van der Waals surface area contributed by atoms with Crippen molar-refractivity contribution in [3.63, 3.8) is 0 Å². The monoisotopic (exact) mass is 507 g/mol. The van der Waals surface area contributed by atoms with Crippen LogP contribution in [0.5, 0.6) is 0 Å². The van der Waals surface area contributed by atoms with E-state index in [9.17, 15) is 9.59 Å². The van der Waals surface area contributed by atoms with Crippen LogP contribution in [-0.2, 0) is 9.53 Å². The van der Waals surface area contributed by atoms with Gasteiger partial charge in [-0.05, 0) is 53.1 Å². The van der Waals surface area contributed by atoms with Crippen LogP contribution in [0.1, 0.15) is 131 Å². The molecule has 6 nitrogen and oxygen atoms in total. The third kappa shape index (κ3) is 11.4. The Kier molecular flexibility index (Phi) is 14.2. The van der Waals surface area contributed by atoms with Crippen molar-refractivity contribution in [2.24, 2.45) is 0 Å². The summed E-state index contributed by atoms with van der Waals surface area (Å²) in [6.45, 7) is 14.1. The van der Waals surface area contributed by atoms with Crippen molar-refractivity contribution in [1.29, 1.82) is 0 Å². The van der Waals surface area contributed by atoms with E-state index in [2.05, 4.69) is 18.7 Å². The Bertz CT molecular complexity index is 615. The minimum absolute atomic E-state index is 0.105. The summed E-state index contributed by atoms with van der Waals surface area (Å²) in [5.41, 5.74) is -0.485. The van der Waals surface area contributed by atoms with Crippen LogP contribution in [0.15, 0.2) is 0 Å². The van der Waals surface area contributed by atoms with Crippen molar-refractivity contribution in [1.82, 2.24) is 14.7 Å². The maximum atomic E-state index is 13.3. The lowest BCUT2D eigenvalue weighted by atomic mass is 10.1. The zero-order valence-electron chi connectivity index (χ0n) is 24.4.